The summed E-state index contributed by atoms with van der Waals surface area (Å²) in [6, 6.07) is 14.1. The maximum absolute atomic E-state index is 12.2. The average molecular weight is 362 g/mol. The minimum atomic E-state index is -3.64. The molecule has 1 N–H and O–H groups in total. The summed E-state index contributed by atoms with van der Waals surface area (Å²) in [6.07, 6.45) is 1.06. The Kier molecular flexibility index (Phi) is 4.80. The molecular weight excluding hydrogens is 344 g/mol. The molecule has 0 fully saturated rings. The lowest BCUT2D eigenvalue weighted by atomic mass is 10.2. The number of amides is 1. The van der Waals surface area contributed by atoms with E-state index >= 15 is 0 Å². The maximum Gasteiger partial charge on any atom is 0.241 e. The molecule has 1 heterocycles. The molecule has 0 spiro atoms. The quantitative estimate of drug-likeness (QED) is 0.842. The van der Waals surface area contributed by atoms with Crippen molar-refractivity contribution in [3.63, 3.8) is 0 Å². The predicted octanol–water partition coefficient (Wildman–Crippen LogP) is 1.50. The molecule has 0 atom stereocenters. The minimum absolute atomic E-state index is 0.0925. The minimum Gasteiger partial charge on any atom is -0.454 e. The number of hydrogen-bond donors (Lipinski definition) is 1. The van der Waals surface area contributed by atoms with Crippen LogP contribution < -0.4 is 19.1 Å². The van der Waals surface area contributed by atoms with Crippen molar-refractivity contribution in [3.05, 3.63) is 54.1 Å². The fourth-order valence-corrected chi connectivity index (χ4v) is 3.27. The van der Waals surface area contributed by atoms with Gasteiger partial charge < -0.3 is 14.8 Å². The molecule has 0 saturated heterocycles. The number of fused-ring (bicyclic) bond motifs is 1. The van der Waals surface area contributed by atoms with E-state index in [1.54, 1.807) is 18.2 Å². The first-order valence-corrected chi connectivity index (χ1v) is 9.46. The molecule has 1 amide bonds. The molecule has 25 heavy (non-hydrogen) atoms. The van der Waals surface area contributed by atoms with Gasteiger partial charge in [0.2, 0.25) is 22.7 Å². The molecule has 0 aromatic heterocycles. The van der Waals surface area contributed by atoms with Crippen LogP contribution in [0.5, 0.6) is 11.5 Å². The number of hydrogen-bond acceptors (Lipinski definition) is 5. The normalized spacial score (nSPS) is 12.7. The summed E-state index contributed by atoms with van der Waals surface area (Å²) < 4.78 is 35.8. The summed E-state index contributed by atoms with van der Waals surface area (Å²) in [5, 5.41) is 2.72. The Labute approximate surface area is 146 Å². The predicted molar refractivity (Wildman–Crippen MR) is 93.0 cm³/mol. The first-order valence-electron chi connectivity index (χ1n) is 7.61. The van der Waals surface area contributed by atoms with E-state index in [2.05, 4.69) is 5.32 Å². The van der Waals surface area contributed by atoms with E-state index in [0.29, 0.717) is 23.7 Å². The van der Waals surface area contributed by atoms with E-state index in [1.807, 2.05) is 30.3 Å². The van der Waals surface area contributed by atoms with Gasteiger partial charge in [0, 0.05) is 12.6 Å². The fraction of sp³-hybridized carbons (Fsp3) is 0.235. The number of rotatable bonds is 6. The van der Waals surface area contributed by atoms with Gasteiger partial charge in [-0.3, -0.25) is 9.10 Å². The molecule has 3 rings (SSSR count). The molecule has 1 aliphatic heterocycles. The molecule has 0 radical (unpaired) electrons. The lowest BCUT2D eigenvalue weighted by Gasteiger charge is -2.22. The van der Waals surface area contributed by atoms with Crippen molar-refractivity contribution < 1.29 is 22.7 Å². The SMILES string of the molecule is CS(=O)(=O)N(CC(=O)NCc1ccccc1)c1ccc2c(c1)OCO2. The van der Waals surface area contributed by atoms with E-state index in [4.69, 9.17) is 9.47 Å². The average Bonchev–Trinajstić information content (AvgIpc) is 3.05. The number of anilines is 1. The number of carbonyl (C=O) groups is 1. The molecule has 0 aliphatic carbocycles. The van der Waals surface area contributed by atoms with Crippen molar-refractivity contribution in [1.29, 1.82) is 0 Å². The van der Waals surface area contributed by atoms with E-state index in [0.717, 1.165) is 16.1 Å². The van der Waals surface area contributed by atoms with Gasteiger partial charge in [0.15, 0.2) is 11.5 Å². The Morgan fingerprint density at radius 3 is 2.56 bits per heavy atom. The summed E-state index contributed by atoms with van der Waals surface area (Å²) in [5.74, 6) is 0.605. The Hall–Kier alpha value is -2.74. The van der Waals surface area contributed by atoms with Crippen molar-refractivity contribution in [2.45, 2.75) is 6.54 Å². The Balaban J connectivity index is 1.72. The van der Waals surface area contributed by atoms with Crippen LogP contribution in [-0.4, -0.2) is 33.9 Å². The molecule has 132 valence electrons. The Morgan fingerprint density at radius 2 is 1.84 bits per heavy atom. The van der Waals surface area contributed by atoms with Crippen molar-refractivity contribution in [2.24, 2.45) is 0 Å². The monoisotopic (exact) mass is 362 g/mol. The summed E-state index contributed by atoms with van der Waals surface area (Å²) in [4.78, 5) is 12.2. The van der Waals surface area contributed by atoms with Gasteiger partial charge in [-0.1, -0.05) is 30.3 Å². The first kappa shape index (κ1) is 17.1. The van der Waals surface area contributed by atoms with Gasteiger partial charge in [-0.25, -0.2) is 8.42 Å². The molecule has 0 bridgehead atoms. The van der Waals surface area contributed by atoms with Gasteiger partial charge in [-0.15, -0.1) is 0 Å². The number of nitrogens with one attached hydrogen (secondary N) is 1. The number of benzene rings is 2. The molecule has 8 heteroatoms. The van der Waals surface area contributed by atoms with Crippen molar-refractivity contribution in [1.82, 2.24) is 5.32 Å². The Bertz CT molecular complexity index is 868. The van der Waals surface area contributed by atoms with Crippen molar-refractivity contribution >= 4 is 21.6 Å². The van der Waals surface area contributed by atoms with Crippen LogP contribution in [0.3, 0.4) is 0 Å². The lowest BCUT2D eigenvalue weighted by Crippen LogP contribution is -2.40. The third-order valence-electron chi connectivity index (χ3n) is 3.66. The highest BCUT2D eigenvalue weighted by atomic mass is 32.2. The van der Waals surface area contributed by atoms with Gasteiger partial charge in [-0.2, -0.15) is 0 Å². The van der Waals surface area contributed by atoms with Gasteiger partial charge in [0.05, 0.1) is 11.9 Å². The number of carbonyl (C=O) groups excluding carboxylic acids is 1. The number of nitrogens with zero attached hydrogens (tertiary/aromatic N) is 1. The smallest absolute Gasteiger partial charge is 0.241 e. The van der Waals surface area contributed by atoms with Crippen LogP contribution in [0.15, 0.2) is 48.5 Å². The summed E-state index contributed by atoms with van der Waals surface area (Å²) in [7, 11) is -3.64. The zero-order chi connectivity index (χ0) is 17.9. The highest BCUT2D eigenvalue weighted by Crippen LogP contribution is 2.35. The zero-order valence-corrected chi connectivity index (χ0v) is 14.5. The summed E-state index contributed by atoms with van der Waals surface area (Å²) in [5.41, 5.74) is 1.28. The number of ether oxygens (including phenoxy) is 2. The second-order valence-corrected chi connectivity index (χ2v) is 7.48. The van der Waals surface area contributed by atoms with Crippen molar-refractivity contribution in [3.8, 4) is 11.5 Å². The zero-order valence-electron chi connectivity index (χ0n) is 13.6. The van der Waals surface area contributed by atoms with Crippen molar-refractivity contribution in [2.75, 3.05) is 23.9 Å². The van der Waals surface area contributed by atoms with E-state index < -0.39 is 15.9 Å². The van der Waals surface area contributed by atoms with E-state index in [9.17, 15) is 13.2 Å². The highest BCUT2D eigenvalue weighted by Gasteiger charge is 2.23. The molecular formula is C17H18N2O5S. The third kappa shape index (κ3) is 4.21. The third-order valence-corrected chi connectivity index (χ3v) is 4.80. The van der Waals surface area contributed by atoms with Gasteiger partial charge in [0.1, 0.15) is 6.54 Å². The largest absolute Gasteiger partial charge is 0.454 e. The second kappa shape index (κ2) is 7.02. The van der Waals surface area contributed by atoms with Crippen LogP contribution in [-0.2, 0) is 21.4 Å². The molecule has 1 aliphatic rings. The first-order chi connectivity index (χ1) is 11.9. The standard InChI is InChI=1S/C17H18N2O5S/c1-25(21,22)19(14-7-8-15-16(9-14)24-12-23-15)11-17(20)18-10-13-5-3-2-4-6-13/h2-9H,10-12H2,1H3,(H,18,20). The van der Waals surface area contributed by atoms with Crippen LogP contribution in [0.1, 0.15) is 5.56 Å². The fourth-order valence-electron chi connectivity index (χ4n) is 2.42. The Morgan fingerprint density at radius 1 is 1.12 bits per heavy atom. The van der Waals surface area contributed by atoms with Crippen LogP contribution in [0.4, 0.5) is 5.69 Å². The van der Waals surface area contributed by atoms with Crippen LogP contribution >= 0.6 is 0 Å². The van der Waals surface area contributed by atoms with Gasteiger partial charge in [-0.05, 0) is 17.7 Å². The molecule has 0 unspecified atom stereocenters. The maximum atomic E-state index is 12.2. The number of sulfonamides is 1. The molecule has 2 aromatic rings. The van der Waals surface area contributed by atoms with E-state index in [1.165, 1.54) is 0 Å². The highest BCUT2D eigenvalue weighted by molar-refractivity contribution is 7.92. The van der Waals surface area contributed by atoms with Crippen LogP contribution in [0.2, 0.25) is 0 Å². The second-order valence-electron chi connectivity index (χ2n) is 5.57. The summed E-state index contributed by atoms with van der Waals surface area (Å²) >= 11 is 0. The molecule has 0 saturated carbocycles. The van der Waals surface area contributed by atoms with Crippen LogP contribution in [0.25, 0.3) is 0 Å². The van der Waals surface area contributed by atoms with Crippen LogP contribution in [0, 0.1) is 0 Å². The molecule has 7 nitrogen and oxygen atoms in total. The summed E-state index contributed by atoms with van der Waals surface area (Å²) in [6.45, 7) is 0.110. The lowest BCUT2D eigenvalue weighted by molar-refractivity contribution is -0.119. The van der Waals surface area contributed by atoms with E-state index in [-0.39, 0.29) is 13.3 Å². The van der Waals surface area contributed by atoms with Gasteiger partial charge in [0.25, 0.3) is 0 Å². The van der Waals surface area contributed by atoms with Gasteiger partial charge >= 0.3 is 0 Å². The topological polar surface area (TPSA) is 84.9 Å². The molecule has 2 aromatic carbocycles.